The molecule has 0 heterocycles. The van der Waals surface area contributed by atoms with Gasteiger partial charge in [0.25, 0.3) is 0 Å². The Labute approximate surface area is 102 Å². The highest BCUT2D eigenvalue weighted by Gasteiger charge is 2.25. The van der Waals surface area contributed by atoms with E-state index in [4.69, 9.17) is 9.05 Å². The molecule has 0 saturated carbocycles. The Bertz CT molecular complexity index is 366. The van der Waals surface area contributed by atoms with Crippen molar-refractivity contribution in [3.63, 3.8) is 0 Å². The Morgan fingerprint density at radius 3 is 2.59 bits per heavy atom. The highest BCUT2D eigenvalue weighted by atomic mass is 31.2. The first-order chi connectivity index (χ1) is 8.03. The van der Waals surface area contributed by atoms with E-state index in [2.05, 4.69) is 6.92 Å². The molecule has 0 aliphatic heterocycles. The normalized spacial score (nSPS) is 16.2. The minimum Gasteiger partial charge on any atom is -0.404 e. The first kappa shape index (κ1) is 14.2. The Morgan fingerprint density at radius 2 is 2.00 bits per heavy atom. The summed E-state index contributed by atoms with van der Waals surface area (Å²) in [6.07, 6.45) is 2.46. The third-order valence-electron chi connectivity index (χ3n) is 2.24. The molecule has 0 bridgehead atoms. The van der Waals surface area contributed by atoms with Crippen molar-refractivity contribution in [3.05, 3.63) is 30.3 Å². The van der Waals surface area contributed by atoms with Crippen LogP contribution in [-0.4, -0.2) is 11.0 Å². The molecule has 0 aliphatic rings. The van der Waals surface area contributed by atoms with Crippen LogP contribution in [0, 0.1) is 0 Å². The van der Waals surface area contributed by atoms with E-state index in [9.17, 15) is 9.46 Å². The summed E-state index contributed by atoms with van der Waals surface area (Å²) in [4.78, 5) is 9.55. The predicted molar refractivity (Wildman–Crippen MR) is 67.0 cm³/mol. The van der Waals surface area contributed by atoms with Crippen molar-refractivity contribution in [2.75, 3.05) is 0 Å². The number of rotatable bonds is 7. The molecule has 0 saturated heterocycles. The van der Waals surface area contributed by atoms with Crippen LogP contribution in [-0.2, 0) is 9.09 Å². The number of para-hydroxylation sites is 1. The number of phosphoric acid groups is 1. The van der Waals surface area contributed by atoms with E-state index in [1.165, 1.54) is 0 Å². The lowest BCUT2D eigenvalue weighted by Crippen LogP contribution is -2.08. The number of unbranched alkanes of at least 4 members (excludes halogenated alkanes) is 1. The SMILES string of the molecule is CCCCC(C)OP(=O)(O)Oc1ccccc1. The molecule has 4 nitrogen and oxygen atoms in total. The molecular weight excluding hydrogens is 239 g/mol. The summed E-state index contributed by atoms with van der Waals surface area (Å²) < 4.78 is 21.6. The molecule has 2 atom stereocenters. The van der Waals surface area contributed by atoms with Crippen LogP contribution in [0.4, 0.5) is 0 Å². The van der Waals surface area contributed by atoms with E-state index < -0.39 is 7.82 Å². The van der Waals surface area contributed by atoms with Gasteiger partial charge in [-0.3, -0.25) is 9.42 Å². The van der Waals surface area contributed by atoms with Crippen LogP contribution in [0.25, 0.3) is 0 Å². The number of benzene rings is 1. The third-order valence-corrected chi connectivity index (χ3v) is 3.31. The molecule has 96 valence electrons. The molecule has 0 spiro atoms. The lowest BCUT2D eigenvalue weighted by molar-refractivity contribution is 0.141. The quantitative estimate of drug-likeness (QED) is 0.756. The second kappa shape index (κ2) is 6.80. The van der Waals surface area contributed by atoms with Gasteiger partial charge in [0.05, 0.1) is 6.10 Å². The molecule has 0 fully saturated rings. The highest BCUT2D eigenvalue weighted by molar-refractivity contribution is 7.47. The molecule has 5 heteroatoms. The van der Waals surface area contributed by atoms with Gasteiger partial charge in [0, 0.05) is 0 Å². The van der Waals surface area contributed by atoms with E-state index in [0.717, 1.165) is 19.3 Å². The van der Waals surface area contributed by atoms with Crippen LogP contribution in [0.3, 0.4) is 0 Å². The van der Waals surface area contributed by atoms with Gasteiger partial charge >= 0.3 is 7.82 Å². The van der Waals surface area contributed by atoms with E-state index >= 15 is 0 Å². The summed E-state index contributed by atoms with van der Waals surface area (Å²) in [5.74, 6) is 0.334. The van der Waals surface area contributed by atoms with Gasteiger partial charge in [-0.2, -0.15) is 0 Å². The maximum atomic E-state index is 11.7. The molecule has 0 amide bonds. The van der Waals surface area contributed by atoms with Crippen molar-refractivity contribution in [2.45, 2.75) is 39.2 Å². The van der Waals surface area contributed by atoms with Gasteiger partial charge in [0.2, 0.25) is 0 Å². The average Bonchev–Trinajstić information content (AvgIpc) is 2.26. The zero-order valence-corrected chi connectivity index (χ0v) is 11.1. The summed E-state index contributed by atoms with van der Waals surface area (Å²) in [6, 6.07) is 8.50. The first-order valence-electron chi connectivity index (χ1n) is 5.79. The third kappa shape index (κ3) is 5.87. The van der Waals surface area contributed by atoms with E-state index in [0.29, 0.717) is 5.75 Å². The van der Waals surface area contributed by atoms with Crippen molar-refractivity contribution in [3.8, 4) is 5.75 Å². The van der Waals surface area contributed by atoms with E-state index in [1.807, 2.05) is 0 Å². The van der Waals surface area contributed by atoms with Gasteiger partial charge in [-0.25, -0.2) is 4.57 Å². The van der Waals surface area contributed by atoms with E-state index in [-0.39, 0.29) is 6.10 Å². The van der Waals surface area contributed by atoms with Crippen LogP contribution < -0.4 is 4.52 Å². The van der Waals surface area contributed by atoms with Crippen molar-refractivity contribution < 1.29 is 18.5 Å². The van der Waals surface area contributed by atoms with Crippen LogP contribution >= 0.6 is 7.82 Å². The van der Waals surface area contributed by atoms with Crippen LogP contribution in [0.5, 0.6) is 5.75 Å². The lowest BCUT2D eigenvalue weighted by Gasteiger charge is -2.17. The number of hydrogen-bond donors (Lipinski definition) is 1. The van der Waals surface area contributed by atoms with Gasteiger partial charge in [0.15, 0.2) is 0 Å². The van der Waals surface area contributed by atoms with Crippen molar-refractivity contribution >= 4 is 7.82 Å². The minimum atomic E-state index is -4.01. The van der Waals surface area contributed by atoms with Crippen molar-refractivity contribution in [1.29, 1.82) is 0 Å². The fraction of sp³-hybridized carbons (Fsp3) is 0.500. The Morgan fingerprint density at radius 1 is 1.35 bits per heavy atom. The smallest absolute Gasteiger partial charge is 0.404 e. The highest BCUT2D eigenvalue weighted by Crippen LogP contribution is 2.45. The van der Waals surface area contributed by atoms with Crippen molar-refractivity contribution in [1.82, 2.24) is 0 Å². The minimum absolute atomic E-state index is 0.283. The Balaban J connectivity index is 2.48. The Hall–Kier alpha value is -0.830. The summed E-state index contributed by atoms with van der Waals surface area (Å²) in [6.45, 7) is 3.83. The largest absolute Gasteiger partial charge is 0.527 e. The van der Waals surface area contributed by atoms with Gasteiger partial charge in [-0.15, -0.1) is 0 Å². The summed E-state index contributed by atoms with van der Waals surface area (Å²) in [5.41, 5.74) is 0. The van der Waals surface area contributed by atoms with Crippen molar-refractivity contribution in [2.24, 2.45) is 0 Å². The van der Waals surface area contributed by atoms with Crippen LogP contribution in [0.1, 0.15) is 33.1 Å². The topological polar surface area (TPSA) is 55.8 Å². The first-order valence-corrected chi connectivity index (χ1v) is 7.29. The molecule has 1 aromatic rings. The maximum absolute atomic E-state index is 11.7. The van der Waals surface area contributed by atoms with Crippen LogP contribution in [0.2, 0.25) is 0 Å². The maximum Gasteiger partial charge on any atom is 0.527 e. The molecule has 17 heavy (non-hydrogen) atoms. The summed E-state index contributed by atoms with van der Waals surface area (Å²) in [5, 5.41) is 0. The van der Waals surface area contributed by atoms with Gasteiger partial charge in [-0.05, 0) is 25.5 Å². The summed E-state index contributed by atoms with van der Waals surface area (Å²) >= 11 is 0. The predicted octanol–water partition coefficient (Wildman–Crippen LogP) is 3.76. The van der Waals surface area contributed by atoms with Gasteiger partial charge in [0.1, 0.15) is 5.75 Å². The molecule has 0 aliphatic carbocycles. The molecule has 1 aromatic carbocycles. The lowest BCUT2D eigenvalue weighted by atomic mass is 10.2. The average molecular weight is 258 g/mol. The standard InChI is InChI=1S/C12H19O4P/c1-3-4-8-11(2)15-17(13,14)16-12-9-6-5-7-10-12/h5-7,9-11H,3-4,8H2,1-2H3,(H,13,14). The van der Waals surface area contributed by atoms with E-state index in [1.54, 1.807) is 37.3 Å². The fourth-order valence-electron chi connectivity index (χ4n) is 1.41. The monoisotopic (exact) mass is 258 g/mol. The zero-order chi connectivity index (χ0) is 12.7. The molecule has 0 aromatic heterocycles. The zero-order valence-electron chi connectivity index (χ0n) is 10.2. The second-order valence-corrected chi connectivity index (χ2v) is 5.26. The second-order valence-electron chi connectivity index (χ2n) is 3.93. The molecule has 1 N–H and O–H groups in total. The van der Waals surface area contributed by atoms with Gasteiger partial charge in [-0.1, -0.05) is 38.0 Å². The summed E-state index contributed by atoms with van der Waals surface area (Å²) in [7, 11) is -4.01. The molecule has 0 radical (unpaired) electrons. The molecular formula is C12H19O4P. The fourth-order valence-corrected chi connectivity index (χ4v) is 2.40. The number of hydrogen-bond acceptors (Lipinski definition) is 3. The Kier molecular flexibility index (Phi) is 5.69. The molecule has 1 rings (SSSR count). The van der Waals surface area contributed by atoms with Gasteiger partial charge < -0.3 is 4.52 Å². The number of phosphoric ester groups is 1. The molecule has 2 unspecified atom stereocenters. The van der Waals surface area contributed by atoms with Crippen LogP contribution in [0.15, 0.2) is 30.3 Å².